The van der Waals surface area contributed by atoms with Crippen molar-refractivity contribution in [1.82, 2.24) is 0 Å². The van der Waals surface area contributed by atoms with Crippen molar-refractivity contribution in [1.29, 1.82) is 0 Å². The van der Waals surface area contributed by atoms with Gasteiger partial charge in [-0.05, 0) is 36.8 Å². The number of alkyl halides is 2. The molecule has 0 atom stereocenters. The van der Waals surface area contributed by atoms with Crippen LogP contribution in [0.1, 0.15) is 21.9 Å². The Balaban J connectivity index is 1.74. The monoisotopic (exact) mass is 543 g/mol. The number of nitrogens with one attached hydrogen (secondary N) is 1. The second-order valence-electron chi connectivity index (χ2n) is 6.29. The van der Waals surface area contributed by atoms with Crippen LogP contribution < -0.4 is 14.8 Å². The molecule has 1 amide bonds. The zero-order valence-electron chi connectivity index (χ0n) is 15.9. The predicted molar refractivity (Wildman–Crippen MR) is 120 cm³/mol. The van der Waals surface area contributed by atoms with Crippen molar-refractivity contribution in [3.8, 4) is 11.5 Å². The van der Waals surface area contributed by atoms with E-state index in [1.165, 1.54) is 24.3 Å². The molecule has 2 aromatic carbocycles. The first kappa shape index (κ1) is 24.7. The van der Waals surface area contributed by atoms with E-state index in [0.717, 1.165) is 5.56 Å². The van der Waals surface area contributed by atoms with E-state index in [0.29, 0.717) is 0 Å². The van der Waals surface area contributed by atoms with Gasteiger partial charge in [0.05, 0.1) is 20.8 Å². The number of aryl methyl sites for hydroxylation is 1. The lowest BCUT2D eigenvalue weighted by atomic mass is 10.2. The van der Waals surface area contributed by atoms with Gasteiger partial charge < -0.3 is 19.2 Å². The molecule has 0 saturated heterocycles. The molecule has 1 heterocycles. The molecule has 0 aliphatic heterocycles. The molecule has 12 heteroatoms. The first-order valence-corrected chi connectivity index (χ1v) is 10.6. The van der Waals surface area contributed by atoms with Crippen LogP contribution in [-0.2, 0) is 6.61 Å². The highest BCUT2D eigenvalue weighted by molar-refractivity contribution is 6.55. The Bertz CT molecular complexity index is 1140. The summed E-state index contributed by atoms with van der Waals surface area (Å²) in [5.41, 5.74) is 0.790. The van der Waals surface area contributed by atoms with E-state index in [1.807, 2.05) is 0 Å². The quantitative estimate of drug-likeness (QED) is 0.240. The number of carbonyl (C=O) groups is 1. The van der Waals surface area contributed by atoms with Gasteiger partial charge in [-0.25, -0.2) is 0 Å². The Labute approximate surface area is 206 Å². The van der Waals surface area contributed by atoms with Crippen LogP contribution in [0.4, 0.5) is 14.5 Å². The van der Waals surface area contributed by atoms with Gasteiger partial charge in [-0.2, -0.15) is 8.78 Å². The van der Waals surface area contributed by atoms with Crippen molar-refractivity contribution in [2.75, 3.05) is 5.32 Å². The van der Waals surface area contributed by atoms with Gasteiger partial charge in [0.25, 0.3) is 5.91 Å². The summed E-state index contributed by atoms with van der Waals surface area (Å²) in [6, 6.07) is 7.24. The van der Waals surface area contributed by atoms with Crippen LogP contribution >= 0.6 is 58.0 Å². The van der Waals surface area contributed by atoms with Gasteiger partial charge in [0.15, 0.2) is 11.5 Å². The van der Waals surface area contributed by atoms with Crippen molar-refractivity contribution in [2.24, 2.45) is 0 Å². The van der Waals surface area contributed by atoms with E-state index >= 15 is 0 Å². The number of amides is 1. The third-order valence-corrected chi connectivity index (χ3v) is 6.26. The SMILES string of the molecule is Cc1ccc(OC(F)F)c(NC(=O)c2ccc(COc3c(Cl)c(Cl)c(Cl)c(Cl)c3Cl)o2)c1. The van der Waals surface area contributed by atoms with Crippen molar-refractivity contribution in [3.63, 3.8) is 0 Å². The van der Waals surface area contributed by atoms with Crippen LogP contribution in [0.25, 0.3) is 0 Å². The Morgan fingerprint density at radius 1 is 1.00 bits per heavy atom. The van der Waals surface area contributed by atoms with Gasteiger partial charge >= 0.3 is 6.61 Å². The molecule has 3 rings (SSSR count). The fourth-order valence-corrected chi connectivity index (χ4v) is 3.79. The molecular formula is C20H12Cl5F2NO4. The summed E-state index contributed by atoms with van der Waals surface area (Å²) in [5.74, 6) is -0.747. The summed E-state index contributed by atoms with van der Waals surface area (Å²) >= 11 is 30.1. The van der Waals surface area contributed by atoms with Crippen LogP contribution in [-0.4, -0.2) is 12.5 Å². The first-order valence-electron chi connectivity index (χ1n) is 8.68. The van der Waals surface area contributed by atoms with Crippen molar-refractivity contribution < 1.29 is 27.5 Å². The Hall–Kier alpha value is -1.90. The predicted octanol–water partition coefficient (Wildman–Crippen LogP) is 8.29. The number of halogens is 7. The van der Waals surface area contributed by atoms with Crippen molar-refractivity contribution >= 4 is 69.6 Å². The molecule has 1 aromatic heterocycles. The maximum absolute atomic E-state index is 12.6. The van der Waals surface area contributed by atoms with Gasteiger partial charge in [-0.1, -0.05) is 64.1 Å². The standard InChI is InChI=1S/C20H12Cl5F2NO4/c1-8-2-4-11(32-20(26)27)10(6-8)28-19(29)12-5-3-9(31-12)7-30-18-16(24)14(22)13(21)15(23)17(18)25/h2-6,20H,7H2,1H3,(H,28,29). The summed E-state index contributed by atoms with van der Waals surface area (Å²) in [7, 11) is 0. The van der Waals surface area contributed by atoms with Gasteiger partial charge in [0.1, 0.15) is 28.2 Å². The van der Waals surface area contributed by atoms with E-state index in [9.17, 15) is 13.6 Å². The molecule has 0 radical (unpaired) electrons. The van der Waals surface area contributed by atoms with Crippen LogP contribution in [0.2, 0.25) is 25.1 Å². The average Bonchev–Trinajstić information content (AvgIpc) is 3.21. The summed E-state index contributed by atoms with van der Waals surface area (Å²) in [6.07, 6.45) is 0. The molecule has 32 heavy (non-hydrogen) atoms. The highest BCUT2D eigenvalue weighted by atomic mass is 35.5. The fourth-order valence-electron chi connectivity index (χ4n) is 2.56. The summed E-state index contributed by atoms with van der Waals surface area (Å²) in [4.78, 5) is 12.5. The number of carbonyl (C=O) groups excluding carboxylic acids is 1. The molecule has 0 aliphatic carbocycles. The van der Waals surface area contributed by atoms with Crippen LogP contribution in [0.15, 0.2) is 34.7 Å². The maximum Gasteiger partial charge on any atom is 0.387 e. The lowest BCUT2D eigenvalue weighted by Gasteiger charge is -2.13. The summed E-state index contributed by atoms with van der Waals surface area (Å²) < 4.78 is 40.6. The number of anilines is 1. The Morgan fingerprint density at radius 2 is 1.62 bits per heavy atom. The Morgan fingerprint density at radius 3 is 2.25 bits per heavy atom. The normalized spacial score (nSPS) is 11.0. The number of hydrogen-bond acceptors (Lipinski definition) is 4. The molecule has 5 nitrogen and oxygen atoms in total. The first-order chi connectivity index (χ1) is 15.1. The molecular weight excluding hydrogens is 533 g/mol. The van der Waals surface area contributed by atoms with Crippen LogP contribution in [0.5, 0.6) is 11.5 Å². The third-order valence-electron chi connectivity index (χ3n) is 4.01. The molecule has 0 unspecified atom stereocenters. The molecule has 0 spiro atoms. The van der Waals surface area contributed by atoms with E-state index < -0.39 is 12.5 Å². The van der Waals surface area contributed by atoms with Gasteiger partial charge in [0.2, 0.25) is 0 Å². The van der Waals surface area contributed by atoms with Gasteiger partial charge in [-0.15, -0.1) is 0 Å². The van der Waals surface area contributed by atoms with Gasteiger partial charge in [-0.3, -0.25) is 4.79 Å². The van der Waals surface area contributed by atoms with Crippen LogP contribution in [0, 0.1) is 6.92 Å². The lowest BCUT2D eigenvalue weighted by Crippen LogP contribution is -2.13. The Kier molecular flexibility index (Phi) is 8.01. The number of furan rings is 1. The van der Waals surface area contributed by atoms with Crippen molar-refractivity contribution in [2.45, 2.75) is 20.1 Å². The molecule has 0 bridgehead atoms. The highest BCUT2D eigenvalue weighted by Crippen LogP contribution is 2.48. The zero-order chi connectivity index (χ0) is 23.6. The minimum Gasteiger partial charge on any atom is -0.482 e. The number of rotatable bonds is 7. The number of benzene rings is 2. The minimum atomic E-state index is -3.05. The van der Waals surface area contributed by atoms with Crippen molar-refractivity contribution in [3.05, 3.63) is 72.5 Å². The lowest BCUT2D eigenvalue weighted by molar-refractivity contribution is -0.0493. The highest BCUT2D eigenvalue weighted by Gasteiger charge is 2.21. The van der Waals surface area contributed by atoms with E-state index in [1.54, 1.807) is 13.0 Å². The summed E-state index contributed by atoms with van der Waals surface area (Å²) in [6.45, 7) is -1.49. The molecule has 0 fully saturated rings. The smallest absolute Gasteiger partial charge is 0.387 e. The third kappa shape index (κ3) is 5.53. The molecule has 170 valence electrons. The molecule has 0 aliphatic rings. The molecule has 3 aromatic rings. The fraction of sp³-hybridized carbons (Fsp3) is 0.150. The number of hydrogen-bond donors (Lipinski definition) is 1. The number of ether oxygens (including phenoxy) is 2. The second kappa shape index (κ2) is 10.4. The largest absolute Gasteiger partial charge is 0.482 e. The van der Waals surface area contributed by atoms with E-state index in [2.05, 4.69) is 10.1 Å². The second-order valence-corrected chi connectivity index (χ2v) is 8.18. The summed E-state index contributed by atoms with van der Waals surface area (Å²) in [5, 5.41) is 2.32. The van der Waals surface area contributed by atoms with E-state index in [4.69, 9.17) is 67.2 Å². The van der Waals surface area contributed by atoms with Crippen LogP contribution in [0.3, 0.4) is 0 Å². The maximum atomic E-state index is 12.6. The average molecular weight is 546 g/mol. The van der Waals surface area contributed by atoms with E-state index in [-0.39, 0.29) is 60.4 Å². The zero-order valence-corrected chi connectivity index (χ0v) is 19.7. The topological polar surface area (TPSA) is 60.7 Å². The minimum absolute atomic E-state index is 0.0105. The molecule has 0 saturated carbocycles. The van der Waals surface area contributed by atoms with Gasteiger partial charge in [0, 0.05) is 0 Å². The molecule has 1 N–H and O–H groups in total.